The van der Waals surface area contributed by atoms with E-state index in [1.807, 2.05) is 0 Å². The quantitative estimate of drug-likeness (QED) is 0.627. The number of rotatable bonds is 2. The van der Waals surface area contributed by atoms with E-state index in [2.05, 4.69) is 5.32 Å². The summed E-state index contributed by atoms with van der Waals surface area (Å²) in [5.74, 6) is 0.403. The summed E-state index contributed by atoms with van der Waals surface area (Å²) in [4.78, 5) is 11.3. The van der Waals surface area contributed by atoms with Crippen molar-refractivity contribution >= 4 is 5.91 Å². The normalized spacial score (nSPS) is 36.3. The number of nitrogens with two attached hydrogens (primary N) is 1. The molecule has 1 aliphatic heterocycles. The van der Waals surface area contributed by atoms with Gasteiger partial charge in [0.15, 0.2) is 0 Å². The van der Waals surface area contributed by atoms with Crippen molar-refractivity contribution in [3.05, 3.63) is 0 Å². The van der Waals surface area contributed by atoms with Crippen LogP contribution in [0.1, 0.15) is 32.1 Å². The Hall–Kier alpha value is -0.570. The van der Waals surface area contributed by atoms with Gasteiger partial charge in [0.2, 0.25) is 5.91 Å². The van der Waals surface area contributed by atoms with E-state index in [1.165, 1.54) is 19.3 Å². The fraction of sp³-hybridized carbons (Fsp3) is 0.889. The molecule has 1 aliphatic carbocycles. The second-order valence-corrected chi connectivity index (χ2v) is 3.99. The first kappa shape index (κ1) is 8.05. The van der Waals surface area contributed by atoms with E-state index < -0.39 is 0 Å². The van der Waals surface area contributed by atoms with Crippen molar-refractivity contribution in [1.82, 2.24) is 5.32 Å². The van der Waals surface area contributed by atoms with Crippen molar-refractivity contribution in [1.29, 1.82) is 0 Å². The second-order valence-electron chi connectivity index (χ2n) is 3.99. The lowest BCUT2D eigenvalue weighted by molar-refractivity contribution is -0.126. The molecule has 2 fully saturated rings. The van der Waals surface area contributed by atoms with Gasteiger partial charge in [0.25, 0.3) is 0 Å². The molecule has 1 saturated heterocycles. The fourth-order valence-corrected chi connectivity index (χ4v) is 2.26. The van der Waals surface area contributed by atoms with E-state index in [0.29, 0.717) is 5.92 Å². The van der Waals surface area contributed by atoms with Gasteiger partial charge in [0, 0.05) is 0 Å². The Morgan fingerprint density at radius 3 is 2.58 bits per heavy atom. The van der Waals surface area contributed by atoms with Crippen LogP contribution in [0.25, 0.3) is 0 Å². The van der Waals surface area contributed by atoms with Crippen LogP contribution in [-0.4, -0.2) is 18.0 Å². The van der Waals surface area contributed by atoms with Crippen LogP contribution in [-0.2, 0) is 4.79 Å². The highest BCUT2D eigenvalue weighted by Crippen LogP contribution is 2.43. The maximum absolute atomic E-state index is 11.3. The molecular weight excluding hydrogens is 152 g/mol. The first-order valence-corrected chi connectivity index (χ1v) is 4.81. The van der Waals surface area contributed by atoms with E-state index >= 15 is 0 Å². The Labute approximate surface area is 72.7 Å². The lowest BCUT2D eigenvalue weighted by Crippen LogP contribution is -2.59. The number of primary amides is 1. The van der Waals surface area contributed by atoms with Gasteiger partial charge in [-0.1, -0.05) is 0 Å². The van der Waals surface area contributed by atoms with Gasteiger partial charge in [-0.25, -0.2) is 0 Å². The summed E-state index contributed by atoms with van der Waals surface area (Å²) in [6.07, 6.45) is 5.63. The third-order valence-electron chi connectivity index (χ3n) is 3.15. The van der Waals surface area contributed by atoms with Crippen molar-refractivity contribution in [3.63, 3.8) is 0 Å². The summed E-state index contributed by atoms with van der Waals surface area (Å²) in [6.45, 7) is 0.958. The number of hydrogen-bond acceptors (Lipinski definition) is 2. The fourth-order valence-electron chi connectivity index (χ4n) is 2.26. The molecule has 0 radical (unpaired) electrons. The molecule has 0 bridgehead atoms. The predicted molar refractivity (Wildman–Crippen MR) is 46.5 cm³/mol. The van der Waals surface area contributed by atoms with Crippen molar-refractivity contribution < 1.29 is 4.79 Å². The third kappa shape index (κ3) is 1.12. The molecule has 0 aromatic carbocycles. The van der Waals surface area contributed by atoms with E-state index in [1.54, 1.807) is 0 Å². The van der Waals surface area contributed by atoms with Crippen molar-refractivity contribution in [2.45, 2.75) is 37.6 Å². The summed E-state index contributed by atoms with van der Waals surface area (Å²) in [5.41, 5.74) is 5.12. The molecule has 0 spiro atoms. The molecule has 2 rings (SSSR count). The molecule has 12 heavy (non-hydrogen) atoms. The van der Waals surface area contributed by atoms with Crippen molar-refractivity contribution in [3.8, 4) is 0 Å². The van der Waals surface area contributed by atoms with Crippen LogP contribution in [0.15, 0.2) is 0 Å². The van der Waals surface area contributed by atoms with Crippen molar-refractivity contribution in [2.24, 2.45) is 11.7 Å². The zero-order valence-corrected chi connectivity index (χ0v) is 7.31. The van der Waals surface area contributed by atoms with Crippen LogP contribution >= 0.6 is 0 Å². The largest absolute Gasteiger partial charge is 0.368 e. The minimum absolute atomic E-state index is 0.135. The standard InChI is InChI=1S/C9H16N2O/c10-8(12)9(7-3-4-7)5-1-2-6-11-9/h7,11H,1-6H2,(H2,10,12). The monoisotopic (exact) mass is 168 g/mol. The topological polar surface area (TPSA) is 55.1 Å². The minimum Gasteiger partial charge on any atom is -0.368 e. The number of hydrogen-bond donors (Lipinski definition) is 2. The van der Waals surface area contributed by atoms with Gasteiger partial charge in [-0.2, -0.15) is 0 Å². The van der Waals surface area contributed by atoms with Gasteiger partial charge in [-0.3, -0.25) is 4.79 Å². The lowest BCUT2D eigenvalue weighted by Gasteiger charge is -2.35. The van der Waals surface area contributed by atoms with Gasteiger partial charge in [0.1, 0.15) is 5.54 Å². The highest BCUT2D eigenvalue weighted by atomic mass is 16.1. The van der Waals surface area contributed by atoms with Gasteiger partial charge in [-0.05, 0) is 44.6 Å². The molecule has 1 amide bonds. The molecule has 3 heteroatoms. The predicted octanol–water partition coefficient (Wildman–Crippen LogP) is 0.394. The van der Waals surface area contributed by atoms with Crippen LogP contribution in [0, 0.1) is 5.92 Å². The van der Waals surface area contributed by atoms with E-state index in [4.69, 9.17) is 5.73 Å². The zero-order valence-electron chi connectivity index (χ0n) is 7.31. The summed E-state index contributed by atoms with van der Waals surface area (Å²) >= 11 is 0. The average Bonchev–Trinajstić information content (AvgIpc) is 2.88. The molecule has 68 valence electrons. The number of amides is 1. The Kier molecular flexibility index (Phi) is 1.83. The first-order chi connectivity index (χ1) is 5.76. The second kappa shape index (κ2) is 2.73. The molecule has 1 unspecified atom stereocenters. The maximum atomic E-state index is 11.3. The maximum Gasteiger partial charge on any atom is 0.238 e. The molecule has 3 N–H and O–H groups in total. The van der Waals surface area contributed by atoms with E-state index in [-0.39, 0.29) is 11.4 Å². The molecular formula is C9H16N2O. The van der Waals surface area contributed by atoms with E-state index in [0.717, 1.165) is 19.4 Å². The molecule has 3 nitrogen and oxygen atoms in total. The van der Waals surface area contributed by atoms with Gasteiger partial charge < -0.3 is 11.1 Å². The molecule has 1 saturated carbocycles. The van der Waals surface area contributed by atoms with Gasteiger partial charge in [0.05, 0.1) is 0 Å². The Morgan fingerprint density at radius 1 is 1.42 bits per heavy atom. The Bertz CT molecular complexity index is 193. The number of carbonyl (C=O) groups is 1. The van der Waals surface area contributed by atoms with Crippen LogP contribution in [0.2, 0.25) is 0 Å². The molecule has 0 aromatic heterocycles. The number of carbonyl (C=O) groups excluding carboxylic acids is 1. The zero-order chi connectivity index (χ0) is 8.60. The van der Waals surface area contributed by atoms with Crippen LogP contribution in [0.4, 0.5) is 0 Å². The summed E-state index contributed by atoms with van der Waals surface area (Å²) in [6, 6.07) is 0. The van der Waals surface area contributed by atoms with Crippen molar-refractivity contribution in [2.75, 3.05) is 6.54 Å². The smallest absolute Gasteiger partial charge is 0.238 e. The Balaban J connectivity index is 2.13. The highest BCUT2D eigenvalue weighted by molar-refractivity contribution is 5.85. The molecule has 1 atom stereocenters. The van der Waals surface area contributed by atoms with E-state index in [9.17, 15) is 4.79 Å². The molecule has 1 heterocycles. The molecule has 2 aliphatic rings. The summed E-state index contributed by atoms with van der Waals surface area (Å²) in [7, 11) is 0. The number of nitrogens with one attached hydrogen (secondary N) is 1. The summed E-state index contributed by atoms with van der Waals surface area (Å²) < 4.78 is 0. The van der Waals surface area contributed by atoms with Gasteiger partial charge in [-0.15, -0.1) is 0 Å². The Morgan fingerprint density at radius 2 is 2.17 bits per heavy atom. The summed E-state index contributed by atoms with van der Waals surface area (Å²) in [5, 5.41) is 3.32. The number of piperidine rings is 1. The third-order valence-corrected chi connectivity index (χ3v) is 3.15. The van der Waals surface area contributed by atoms with Crippen LogP contribution in [0.3, 0.4) is 0 Å². The average molecular weight is 168 g/mol. The molecule has 0 aromatic rings. The SMILES string of the molecule is NC(=O)C1(C2CC2)CCCCN1. The highest BCUT2D eigenvalue weighted by Gasteiger charge is 2.49. The lowest BCUT2D eigenvalue weighted by atomic mass is 9.83. The van der Waals surface area contributed by atoms with Crippen LogP contribution in [0.5, 0.6) is 0 Å². The van der Waals surface area contributed by atoms with Gasteiger partial charge >= 0.3 is 0 Å². The van der Waals surface area contributed by atoms with Crippen LogP contribution < -0.4 is 11.1 Å². The minimum atomic E-state index is -0.321. The first-order valence-electron chi connectivity index (χ1n) is 4.81.